The number of aliphatic hydroxyl groups excluding tert-OH is 1. The maximum absolute atomic E-state index is 13.0. The smallest absolute Gasteiger partial charge is 0.296 e. The van der Waals surface area contributed by atoms with Gasteiger partial charge in [-0.2, -0.15) is 0 Å². The number of halogens is 1. The van der Waals surface area contributed by atoms with E-state index in [1.807, 2.05) is 31.2 Å². The van der Waals surface area contributed by atoms with Crippen LogP contribution >= 0.6 is 11.6 Å². The summed E-state index contributed by atoms with van der Waals surface area (Å²) >= 11 is 6.05. The highest BCUT2D eigenvalue weighted by Gasteiger charge is 2.47. The van der Waals surface area contributed by atoms with Crippen molar-refractivity contribution in [1.82, 2.24) is 4.90 Å². The minimum absolute atomic E-state index is 0.0387. The maximum Gasteiger partial charge on any atom is 0.296 e. The Kier molecular flexibility index (Phi) is 5.82. The van der Waals surface area contributed by atoms with Crippen LogP contribution in [0.5, 0.6) is 5.75 Å². The van der Waals surface area contributed by atoms with Gasteiger partial charge < -0.3 is 19.2 Å². The normalized spacial score (nSPS) is 17.9. The van der Waals surface area contributed by atoms with Gasteiger partial charge in [-0.1, -0.05) is 35.9 Å². The lowest BCUT2D eigenvalue weighted by Crippen LogP contribution is -2.29. The van der Waals surface area contributed by atoms with Crippen LogP contribution in [0.1, 0.15) is 29.9 Å². The molecule has 1 unspecified atom stereocenters. The molecule has 0 spiro atoms. The molecule has 31 heavy (non-hydrogen) atoms. The summed E-state index contributed by atoms with van der Waals surface area (Å²) in [5.74, 6) is -0.742. The van der Waals surface area contributed by atoms with Crippen LogP contribution in [0, 0.1) is 0 Å². The Morgan fingerprint density at radius 3 is 2.65 bits per heavy atom. The quantitative estimate of drug-likeness (QED) is 0.335. The molecule has 158 valence electrons. The Balaban J connectivity index is 1.79. The molecular weight excluding hydrogens is 418 g/mol. The monoisotopic (exact) mass is 437 g/mol. The molecule has 0 saturated carbocycles. The van der Waals surface area contributed by atoms with Gasteiger partial charge >= 0.3 is 0 Å². The molecule has 1 fully saturated rings. The molecular formula is C24H20ClNO5. The van der Waals surface area contributed by atoms with Crippen LogP contribution in [-0.4, -0.2) is 28.3 Å². The third kappa shape index (κ3) is 4.07. The van der Waals surface area contributed by atoms with Crippen LogP contribution in [0.2, 0.25) is 5.02 Å². The van der Waals surface area contributed by atoms with Gasteiger partial charge in [-0.05, 0) is 48.9 Å². The van der Waals surface area contributed by atoms with E-state index in [1.54, 1.807) is 30.3 Å². The van der Waals surface area contributed by atoms with Gasteiger partial charge in [-0.25, -0.2) is 0 Å². The molecule has 0 aliphatic carbocycles. The lowest BCUT2D eigenvalue weighted by molar-refractivity contribution is -0.140. The number of Topliss-reactive ketones (excluding diaryl/α,β-unsaturated/α-hetero) is 1. The zero-order valence-corrected chi connectivity index (χ0v) is 17.5. The standard InChI is InChI=1S/C24H20ClNO5/c1-2-30-18-9-3-6-15(12-18)14-26-21(19-10-5-11-31-19)20(23(28)24(26)29)22(27)16-7-4-8-17(25)13-16/h3-13,21,27H,2,14H2,1H3/b22-20-. The van der Waals surface area contributed by atoms with E-state index in [9.17, 15) is 14.7 Å². The predicted molar refractivity (Wildman–Crippen MR) is 116 cm³/mol. The van der Waals surface area contributed by atoms with Crippen molar-refractivity contribution in [2.24, 2.45) is 0 Å². The summed E-state index contributed by atoms with van der Waals surface area (Å²) < 4.78 is 11.1. The molecule has 1 N–H and O–H groups in total. The molecule has 1 aromatic heterocycles. The number of hydrogen-bond donors (Lipinski definition) is 1. The van der Waals surface area contributed by atoms with Gasteiger partial charge in [-0.3, -0.25) is 9.59 Å². The molecule has 6 nitrogen and oxygen atoms in total. The molecule has 0 bridgehead atoms. The van der Waals surface area contributed by atoms with Crippen LogP contribution in [0.15, 0.2) is 76.9 Å². The summed E-state index contributed by atoms with van der Waals surface area (Å²) in [4.78, 5) is 27.3. The molecule has 3 aromatic rings. The number of nitrogens with zero attached hydrogens (tertiary/aromatic N) is 1. The van der Waals surface area contributed by atoms with Crippen molar-refractivity contribution in [2.75, 3.05) is 6.61 Å². The third-order valence-corrected chi connectivity index (χ3v) is 5.25. The second kappa shape index (κ2) is 8.70. The van der Waals surface area contributed by atoms with Crippen LogP contribution in [-0.2, 0) is 16.1 Å². The Bertz CT molecular complexity index is 1150. The van der Waals surface area contributed by atoms with Crippen molar-refractivity contribution in [3.05, 3.63) is 94.4 Å². The number of hydrogen-bond acceptors (Lipinski definition) is 5. The molecule has 4 rings (SSSR count). The first-order valence-electron chi connectivity index (χ1n) is 9.79. The molecule has 7 heteroatoms. The first-order valence-corrected chi connectivity index (χ1v) is 10.2. The van der Waals surface area contributed by atoms with Crippen LogP contribution in [0.4, 0.5) is 0 Å². The summed E-state index contributed by atoms with van der Waals surface area (Å²) in [5, 5.41) is 11.4. The Morgan fingerprint density at radius 1 is 1.13 bits per heavy atom. The molecule has 0 radical (unpaired) electrons. The van der Waals surface area contributed by atoms with Gasteiger partial charge in [0.15, 0.2) is 0 Å². The van der Waals surface area contributed by atoms with E-state index in [0.29, 0.717) is 28.7 Å². The number of benzene rings is 2. The molecule has 1 saturated heterocycles. The van der Waals surface area contributed by atoms with E-state index in [-0.39, 0.29) is 17.9 Å². The number of rotatable bonds is 6. The number of carbonyl (C=O) groups excluding carboxylic acids is 2. The average molecular weight is 438 g/mol. The summed E-state index contributed by atoms with van der Waals surface area (Å²) in [6.45, 7) is 2.54. The summed E-state index contributed by atoms with van der Waals surface area (Å²) in [7, 11) is 0. The number of ether oxygens (including phenoxy) is 1. The SMILES string of the molecule is CCOc1cccc(CN2C(=O)C(=O)/C(=C(\O)c3cccc(Cl)c3)C2c2ccco2)c1. The van der Waals surface area contributed by atoms with Crippen LogP contribution < -0.4 is 4.74 Å². The van der Waals surface area contributed by atoms with Crippen LogP contribution in [0.3, 0.4) is 0 Å². The van der Waals surface area contributed by atoms with Gasteiger partial charge in [0, 0.05) is 17.1 Å². The lowest BCUT2D eigenvalue weighted by Gasteiger charge is -2.23. The van der Waals surface area contributed by atoms with Crippen molar-refractivity contribution in [1.29, 1.82) is 0 Å². The topological polar surface area (TPSA) is 80.0 Å². The molecule has 1 atom stereocenters. The highest BCUT2D eigenvalue weighted by Crippen LogP contribution is 2.40. The Hall–Kier alpha value is -3.51. The van der Waals surface area contributed by atoms with Gasteiger partial charge in [0.25, 0.3) is 11.7 Å². The van der Waals surface area contributed by atoms with Gasteiger partial charge in [0.05, 0.1) is 18.4 Å². The number of ketones is 1. The Labute approximate surface area is 184 Å². The molecule has 2 heterocycles. The van der Waals surface area contributed by atoms with E-state index < -0.39 is 17.7 Å². The van der Waals surface area contributed by atoms with Crippen molar-refractivity contribution in [2.45, 2.75) is 19.5 Å². The highest BCUT2D eigenvalue weighted by molar-refractivity contribution is 6.46. The lowest BCUT2D eigenvalue weighted by atomic mass is 9.99. The van der Waals surface area contributed by atoms with Crippen LogP contribution in [0.25, 0.3) is 5.76 Å². The first-order chi connectivity index (χ1) is 15.0. The predicted octanol–water partition coefficient (Wildman–Crippen LogP) is 4.95. The van der Waals surface area contributed by atoms with Gasteiger partial charge in [-0.15, -0.1) is 0 Å². The van der Waals surface area contributed by atoms with Crippen molar-refractivity contribution < 1.29 is 23.8 Å². The number of aliphatic hydroxyl groups is 1. The maximum atomic E-state index is 13.0. The average Bonchev–Trinajstić information content (AvgIpc) is 3.37. The minimum Gasteiger partial charge on any atom is -0.507 e. The fraction of sp³-hybridized carbons (Fsp3) is 0.167. The second-order valence-corrected chi connectivity index (χ2v) is 7.47. The molecule has 2 aromatic carbocycles. The van der Waals surface area contributed by atoms with Crippen molar-refractivity contribution in [3.63, 3.8) is 0 Å². The zero-order valence-electron chi connectivity index (χ0n) is 16.7. The van der Waals surface area contributed by atoms with E-state index >= 15 is 0 Å². The Morgan fingerprint density at radius 2 is 1.94 bits per heavy atom. The zero-order chi connectivity index (χ0) is 22.0. The fourth-order valence-electron chi connectivity index (χ4n) is 3.67. The van der Waals surface area contributed by atoms with Gasteiger partial charge in [0.2, 0.25) is 0 Å². The van der Waals surface area contributed by atoms with E-state index in [2.05, 4.69) is 0 Å². The fourth-order valence-corrected chi connectivity index (χ4v) is 3.86. The van der Waals surface area contributed by atoms with E-state index in [0.717, 1.165) is 5.56 Å². The van der Waals surface area contributed by atoms with E-state index in [4.69, 9.17) is 20.8 Å². The van der Waals surface area contributed by atoms with Crippen molar-refractivity contribution in [3.8, 4) is 5.75 Å². The number of furan rings is 1. The summed E-state index contributed by atoms with van der Waals surface area (Å²) in [6.07, 6.45) is 1.46. The summed E-state index contributed by atoms with van der Waals surface area (Å²) in [5.41, 5.74) is 1.09. The third-order valence-electron chi connectivity index (χ3n) is 5.01. The van der Waals surface area contributed by atoms with Gasteiger partial charge in [0.1, 0.15) is 23.3 Å². The number of amides is 1. The molecule has 1 aliphatic heterocycles. The minimum atomic E-state index is -0.871. The highest BCUT2D eigenvalue weighted by atomic mass is 35.5. The van der Waals surface area contributed by atoms with E-state index in [1.165, 1.54) is 17.2 Å². The number of carbonyl (C=O) groups is 2. The largest absolute Gasteiger partial charge is 0.507 e. The second-order valence-electron chi connectivity index (χ2n) is 7.03. The first kappa shape index (κ1) is 20.8. The summed E-state index contributed by atoms with van der Waals surface area (Å²) in [6, 6.07) is 16.3. The molecule has 1 aliphatic rings. The van der Waals surface area contributed by atoms with Crippen molar-refractivity contribution >= 4 is 29.1 Å². The molecule has 1 amide bonds. The number of likely N-dealkylation sites (tertiary alicyclic amines) is 1.